The Kier molecular flexibility index (Phi) is 4.76. The molecule has 1 atom stereocenters. The fraction of sp³-hybridized carbons (Fsp3) is 0.500. The molecule has 5 heteroatoms. The number of likely N-dealkylation sites (tertiary alicyclic amines) is 1. The van der Waals surface area contributed by atoms with Gasteiger partial charge in [-0.15, -0.1) is 0 Å². The summed E-state index contributed by atoms with van der Waals surface area (Å²) in [7, 11) is 1.62. The molecule has 0 bridgehead atoms. The maximum Gasteiger partial charge on any atom is 0.321 e. The highest BCUT2D eigenvalue weighted by molar-refractivity contribution is 5.90. The zero-order valence-corrected chi connectivity index (χ0v) is 11.1. The third kappa shape index (κ3) is 3.68. The summed E-state index contributed by atoms with van der Waals surface area (Å²) >= 11 is 0. The predicted octanol–water partition coefficient (Wildman–Crippen LogP) is 1.82. The van der Waals surface area contributed by atoms with E-state index in [4.69, 9.17) is 4.74 Å². The molecule has 5 nitrogen and oxygen atoms in total. The van der Waals surface area contributed by atoms with Crippen LogP contribution >= 0.6 is 0 Å². The summed E-state index contributed by atoms with van der Waals surface area (Å²) in [4.78, 5) is 13.8. The SMILES string of the molecule is COCc1ccccc1NC(=O)N1CCCC(O)C1. The summed E-state index contributed by atoms with van der Waals surface area (Å²) in [5, 5.41) is 12.5. The van der Waals surface area contributed by atoms with Crippen molar-refractivity contribution < 1.29 is 14.6 Å². The molecule has 1 unspecified atom stereocenters. The van der Waals surface area contributed by atoms with Crippen LogP contribution in [-0.4, -0.2) is 42.3 Å². The Labute approximate surface area is 113 Å². The Morgan fingerprint density at radius 1 is 1.53 bits per heavy atom. The van der Waals surface area contributed by atoms with Crippen molar-refractivity contribution >= 4 is 11.7 Å². The van der Waals surface area contributed by atoms with Gasteiger partial charge in [0, 0.05) is 31.5 Å². The first kappa shape index (κ1) is 13.8. The minimum atomic E-state index is -0.409. The molecule has 0 aliphatic carbocycles. The lowest BCUT2D eigenvalue weighted by atomic mass is 10.1. The minimum absolute atomic E-state index is 0.165. The van der Waals surface area contributed by atoms with Gasteiger partial charge < -0.3 is 20.1 Å². The number of benzene rings is 1. The van der Waals surface area contributed by atoms with Crippen LogP contribution in [0.5, 0.6) is 0 Å². The second-order valence-electron chi connectivity index (χ2n) is 4.76. The lowest BCUT2D eigenvalue weighted by molar-refractivity contribution is 0.0883. The second-order valence-corrected chi connectivity index (χ2v) is 4.76. The van der Waals surface area contributed by atoms with E-state index in [0.29, 0.717) is 19.7 Å². The Morgan fingerprint density at radius 3 is 3.05 bits per heavy atom. The quantitative estimate of drug-likeness (QED) is 0.875. The number of rotatable bonds is 3. The number of carbonyl (C=O) groups is 1. The van der Waals surface area contributed by atoms with Crippen LogP contribution < -0.4 is 5.32 Å². The molecule has 104 valence electrons. The van der Waals surface area contributed by atoms with Crippen LogP contribution in [0.15, 0.2) is 24.3 Å². The number of nitrogens with zero attached hydrogens (tertiary/aromatic N) is 1. The summed E-state index contributed by atoms with van der Waals surface area (Å²) in [5.41, 5.74) is 1.70. The van der Waals surface area contributed by atoms with Gasteiger partial charge in [0.2, 0.25) is 0 Å². The van der Waals surface area contributed by atoms with Gasteiger partial charge in [0.1, 0.15) is 0 Å². The largest absolute Gasteiger partial charge is 0.391 e. The number of nitrogens with one attached hydrogen (secondary N) is 1. The van der Waals surface area contributed by atoms with Gasteiger partial charge in [-0.05, 0) is 18.9 Å². The number of aliphatic hydroxyl groups is 1. The average molecular weight is 264 g/mol. The molecular formula is C14H20N2O3. The van der Waals surface area contributed by atoms with Gasteiger partial charge in [-0.3, -0.25) is 0 Å². The van der Waals surface area contributed by atoms with Gasteiger partial charge in [-0.25, -0.2) is 4.79 Å². The van der Waals surface area contributed by atoms with Crippen molar-refractivity contribution in [3.05, 3.63) is 29.8 Å². The number of amides is 2. The van der Waals surface area contributed by atoms with E-state index in [1.54, 1.807) is 12.0 Å². The van der Waals surface area contributed by atoms with Crippen LogP contribution in [0.3, 0.4) is 0 Å². The van der Waals surface area contributed by atoms with Gasteiger partial charge in [-0.1, -0.05) is 18.2 Å². The van der Waals surface area contributed by atoms with Crippen molar-refractivity contribution in [2.75, 3.05) is 25.5 Å². The van der Waals surface area contributed by atoms with Gasteiger partial charge in [-0.2, -0.15) is 0 Å². The molecule has 1 heterocycles. The summed E-state index contributed by atoms with van der Waals surface area (Å²) in [6, 6.07) is 7.40. The molecule has 19 heavy (non-hydrogen) atoms. The molecule has 1 aromatic carbocycles. The van der Waals surface area contributed by atoms with E-state index in [0.717, 1.165) is 24.1 Å². The van der Waals surface area contributed by atoms with Crippen molar-refractivity contribution in [3.63, 3.8) is 0 Å². The van der Waals surface area contributed by atoms with E-state index in [-0.39, 0.29) is 6.03 Å². The Morgan fingerprint density at radius 2 is 2.32 bits per heavy atom. The van der Waals surface area contributed by atoms with E-state index in [1.165, 1.54) is 0 Å². The molecule has 2 amide bonds. The van der Waals surface area contributed by atoms with E-state index < -0.39 is 6.10 Å². The molecule has 2 rings (SSSR count). The number of para-hydroxylation sites is 1. The average Bonchev–Trinajstić information content (AvgIpc) is 2.41. The van der Waals surface area contributed by atoms with Crippen LogP contribution in [0.25, 0.3) is 0 Å². The van der Waals surface area contributed by atoms with Crippen molar-refractivity contribution in [2.24, 2.45) is 0 Å². The number of anilines is 1. The first-order chi connectivity index (χ1) is 9.20. The summed E-state index contributed by atoms with van der Waals surface area (Å²) < 4.78 is 5.11. The van der Waals surface area contributed by atoms with Crippen molar-refractivity contribution in [3.8, 4) is 0 Å². The Balaban J connectivity index is 2.02. The highest BCUT2D eigenvalue weighted by Crippen LogP contribution is 2.18. The zero-order valence-electron chi connectivity index (χ0n) is 11.1. The maximum absolute atomic E-state index is 12.1. The molecule has 0 spiro atoms. The smallest absolute Gasteiger partial charge is 0.321 e. The first-order valence-corrected chi connectivity index (χ1v) is 6.51. The molecule has 0 radical (unpaired) electrons. The predicted molar refractivity (Wildman–Crippen MR) is 73.0 cm³/mol. The van der Waals surface area contributed by atoms with E-state index >= 15 is 0 Å². The van der Waals surface area contributed by atoms with Crippen LogP contribution in [0, 0.1) is 0 Å². The monoisotopic (exact) mass is 264 g/mol. The minimum Gasteiger partial charge on any atom is -0.391 e. The van der Waals surface area contributed by atoms with E-state index in [1.807, 2.05) is 24.3 Å². The van der Waals surface area contributed by atoms with Crippen molar-refractivity contribution in [1.29, 1.82) is 0 Å². The number of carbonyl (C=O) groups excluding carboxylic acids is 1. The van der Waals surface area contributed by atoms with E-state index in [9.17, 15) is 9.90 Å². The first-order valence-electron chi connectivity index (χ1n) is 6.51. The van der Waals surface area contributed by atoms with Gasteiger partial charge in [0.15, 0.2) is 0 Å². The Bertz CT molecular complexity index is 436. The molecule has 1 aliphatic heterocycles. The van der Waals surface area contributed by atoms with Crippen molar-refractivity contribution in [1.82, 2.24) is 4.90 Å². The third-order valence-electron chi connectivity index (χ3n) is 3.24. The zero-order chi connectivity index (χ0) is 13.7. The number of urea groups is 1. The molecule has 1 aliphatic rings. The fourth-order valence-corrected chi connectivity index (χ4v) is 2.26. The van der Waals surface area contributed by atoms with Crippen LogP contribution in [0.4, 0.5) is 10.5 Å². The summed E-state index contributed by atoms with van der Waals surface area (Å²) in [5.74, 6) is 0. The molecule has 1 aromatic rings. The number of piperidine rings is 1. The fourth-order valence-electron chi connectivity index (χ4n) is 2.26. The third-order valence-corrected chi connectivity index (χ3v) is 3.24. The van der Waals surface area contributed by atoms with Gasteiger partial charge in [0.25, 0.3) is 0 Å². The molecule has 0 saturated carbocycles. The van der Waals surface area contributed by atoms with Crippen LogP contribution in [0.2, 0.25) is 0 Å². The van der Waals surface area contributed by atoms with Crippen LogP contribution in [-0.2, 0) is 11.3 Å². The van der Waals surface area contributed by atoms with Crippen LogP contribution in [0.1, 0.15) is 18.4 Å². The Hall–Kier alpha value is -1.59. The number of hydrogen-bond acceptors (Lipinski definition) is 3. The molecule has 2 N–H and O–H groups in total. The molecule has 1 fully saturated rings. The number of ether oxygens (including phenoxy) is 1. The number of methoxy groups -OCH3 is 1. The maximum atomic E-state index is 12.1. The van der Waals surface area contributed by atoms with E-state index in [2.05, 4.69) is 5.32 Å². The van der Waals surface area contributed by atoms with Gasteiger partial charge in [0.05, 0.1) is 12.7 Å². The lowest BCUT2D eigenvalue weighted by Crippen LogP contribution is -2.44. The lowest BCUT2D eigenvalue weighted by Gasteiger charge is -2.30. The topological polar surface area (TPSA) is 61.8 Å². The summed E-state index contributed by atoms with van der Waals surface area (Å²) in [6.45, 7) is 1.55. The molecule has 0 aromatic heterocycles. The number of aliphatic hydroxyl groups excluding tert-OH is 1. The van der Waals surface area contributed by atoms with Crippen molar-refractivity contribution in [2.45, 2.75) is 25.6 Å². The molecule has 1 saturated heterocycles. The highest BCUT2D eigenvalue weighted by Gasteiger charge is 2.22. The summed E-state index contributed by atoms with van der Waals surface area (Å²) in [6.07, 6.45) is 1.20. The highest BCUT2D eigenvalue weighted by atomic mass is 16.5. The standard InChI is InChI=1S/C14H20N2O3/c1-19-10-11-5-2-3-7-13(11)15-14(18)16-8-4-6-12(17)9-16/h2-3,5,7,12,17H,4,6,8-10H2,1H3,(H,15,18). The number of hydrogen-bond donors (Lipinski definition) is 2. The van der Waals surface area contributed by atoms with Gasteiger partial charge >= 0.3 is 6.03 Å². The molecular weight excluding hydrogens is 244 g/mol. The normalized spacial score (nSPS) is 19.3. The second kappa shape index (κ2) is 6.54. The number of β-amino-alcohol motifs (C(OH)–C–C–N with tert-alkyl or cyclic N) is 1.